The van der Waals surface area contributed by atoms with Crippen molar-refractivity contribution in [2.45, 2.75) is 0 Å². The van der Waals surface area contributed by atoms with E-state index in [9.17, 15) is 13.2 Å². The van der Waals surface area contributed by atoms with Crippen LogP contribution in [0.1, 0.15) is 0 Å². The zero-order valence-electron chi connectivity index (χ0n) is 14.9. The average molecular weight is 418 g/mol. The Kier molecular flexibility index (Phi) is 4.96. The van der Waals surface area contributed by atoms with E-state index < -0.39 is 10.0 Å². The van der Waals surface area contributed by atoms with Crippen molar-refractivity contribution < 1.29 is 17.6 Å². The summed E-state index contributed by atoms with van der Waals surface area (Å²) in [6, 6.07) is 8.44. The van der Waals surface area contributed by atoms with Crippen LogP contribution in [0.5, 0.6) is 0 Å². The first kappa shape index (κ1) is 18.7. The lowest BCUT2D eigenvalue weighted by Crippen LogP contribution is -2.36. The summed E-state index contributed by atoms with van der Waals surface area (Å²) in [5.41, 5.74) is 2.30. The predicted molar refractivity (Wildman–Crippen MR) is 112 cm³/mol. The molecule has 0 spiro atoms. The number of anilines is 2. The summed E-state index contributed by atoms with van der Waals surface area (Å²) < 4.78 is 37.9. The Morgan fingerprint density at radius 3 is 2.75 bits per heavy atom. The molecule has 0 radical (unpaired) electrons. The molecular weight excluding hydrogens is 400 g/mol. The van der Waals surface area contributed by atoms with Gasteiger partial charge in [-0.25, -0.2) is 8.42 Å². The van der Waals surface area contributed by atoms with Crippen LogP contribution < -0.4 is 15.1 Å². The van der Waals surface area contributed by atoms with E-state index in [0.29, 0.717) is 48.2 Å². The maximum Gasteiger partial charge on any atom is 0.254 e. The van der Waals surface area contributed by atoms with E-state index >= 15 is 0 Å². The van der Waals surface area contributed by atoms with Gasteiger partial charge in [0.15, 0.2) is 11.5 Å². The van der Waals surface area contributed by atoms with E-state index in [4.69, 9.17) is 9.15 Å². The van der Waals surface area contributed by atoms with Crippen LogP contribution in [0.15, 0.2) is 56.9 Å². The minimum atomic E-state index is -3.60. The van der Waals surface area contributed by atoms with Crippen molar-refractivity contribution in [3.05, 3.63) is 57.9 Å². The summed E-state index contributed by atoms with van der Waals surface area (Å²) in [5, 5.41) is 2.70. The molecule has 0 aliphatic carbocycles. The molecule has 1 aromatic carbocycles. The van der Waals surface area contributed by atoms with Gasteiger partial charge in [0.25, 0.3) is 10.0 Å². The van der Waals surface area contributed by atoms with Gasteiger partial charge < -0.3 is 14.1 Å². The number of thiophene rings is 1. The molecule has 146 valence electrons. The van der Waals surface area contributed by atoms with Gasteiger partial charge in [-0.15, -0.1) is 11.3 Å². The first-order valence-electron chi connectivity index (χ1n) is 8.60. The van der Waals surface area contributed by atoms with Gasteiger partial charge in [-0.2, -0.15) is 0 Å². The number of morpholine rings is 1. The average Bonchev–Trinajstić information content (AvgIpc) is 3.13. The number of benzene rings is 1. The van der Waals surface area contributed by atoms with Crippen LogP contribution in [0.25, 0.3) is 21.4 Å². The van der Waals surface area contributed by atoms with E-state index in [1.807, 2.05) is 16.3 Å². The lowest BCUT2D eigenvalue weighted by atomic mass is 10.1. The topological polar surface area (TPSA) is 88.9 Å². The third-order valence-corrected chi connectivity index (χ3v) is 6.34. The van der Waals surface area contributed by atoms with Crippen molar-refractivity contribution >= 4 is 43.2 Å². The van der Waals surface area contributed by atoms with Crippen molar-refractivity contribution in [2.24, 2.45) is 0 Å². The highest BCUT2D eigenvalue weighted by Gasteiger charge is 2.19. The number of rotatable bonds is 5. The van der Waals surface area contributed by atoms with Crippen LogP contribution in [-0.4, -0.2) is 34.7 Å². The number of hydrogen-bond acceptors (Lipinski definition) is 7. The van der Waals surface area contributed by atoms with Gasteiger partial charge in [0.2, 0.25) is 5.43 Å². The molecule has 1 aliphatic rings. The van der Waals surface area contributed by atoms with Crippen LogP contribution >= 0.6 is 11.3 Å². The molecule has 1 saturated heterocycles. The Morgan fingerprint density at radius 2 is 2.00 bits per heavy atom. The summed E-state index contributed by atoms with van der Waals surface area (Å²) in [6.45, 7) is 5.79. The molecule has 0 saturated carbocycles. The normalized spacial score (nSPS) is 14.9. The quantitative estimate of drug-likeness (QED) is 0.684. The lowest BCUT2D eigenvalue weighted by molar-refractivity contribution is 0.121. The van der Waals surface area contributed by atoms with E-state index in [2.05, 4.69) is 11.3 Å². The van der Waals surface area contributed by atoms with Crippen LogP contribution in [0.4, 0.5) is 11.6 Å². The molecule has 0 amide bonds. The molecular formula is C19H18N2O5S2. The molecule has 4 rings (SSSR count). The second-order valence-corrected chi connectivity index (χ2v) is 8.76. The molecule has 28 heavy (non-hydrogen) atoms. The monoisotopic (exact) mass is 418 g/mol. The van der Waals surface area contributed by atoms with Crippen molar-refractivity contribution in [1.29, 1.82) is 0 Å². The highest BCUT2D eigenvalue weighted by Crippen LogP contribution is 2.35. The van der Waals surface area contributed by atoms with Crippen molar-refractivity contribution in [3.63, 3.8) is 0 Å². The van der Waals surface area contributed by atoms with Gasteiger partial charge in [0, 0.05) is 41.2 Å². The Bertz CT molecular complexity index is 1190. The van der Waals surface area contributed by atoms with Crippen LogP contribution in [-0.2, 0) is 14.8 Å². The van der Waals surface area contributed by atoms with Gasteiger partial charge in [0.05, 0.1) is 13.2 Å². The van der Waals surface area contributed by atoms with E-state index in [1.54, 1.807) is 18.2 Å². The first-order chi connectivity index (χ1) is 13.5. The second-order valence-electron chi connectivity index (χ2n) is 6.25. The molecule has 1 aliphatic heterocycles. The first-order valence-corrected chi connectivity index (χ1v) is 11.0. The molecule has 3 aromatic rings. The fourth-order valence-electron chi connectivity index (χ4n) is 3.03. The maximum absolute atomic E-state index is 12.6. The largest absolute Gasteiger partial charge is 0.439 e. The number of nitrogens with zero attached hydrogens (tertiary/aromatic N) is 1. The number of fused-ring (bicyclic) bond motifs is 1. The zero-order valence-corrected chi connectivity index (χ0v) is 16.5. The van der Waals surface area contributed by atoms with Gasteiger partial charge >= 0.3 is 0 Å². The maximum atomic E-state index is 12.6. The molecule has 0 bridgehead atoms. The second kappa shape index (κ2) is 7.42. The molecule has 3 heterocycles. The minimum absolute atomic E-state index is 0.0949. The van der Waals surface area contributed by atoms with Crippen molar-refractivity contribution in [1.82, 2.24) is 0 Å². The third kappa shape index (κ3) is 3.68. The van der Waals surface area contributed by atoms with Crippen LogP contribution in [0.3, 0.4) is 0 Å². The fourth-order valence-corrected chi connectivity index (χ4v) is 4.48. The summed E-state index contributed by atoms with van der Waals surface area (Å²) in [5.74, 6) is 0.518. The summed E-state index contributed by atoms with van der Waals surface area (Å²) >= 11 is 1.31. The summed E-state index contributed by atoms with van der Waals surface area (Å²) in [7, 11) is -3.60. The van der Waals surface area contributed by atoms with E-state index in [1.165, 1.54) is 17.4 Å². The molecule has 0 unspecified atom stereocenters. The number of nitrogens with one attached hydrogen (secondary N) is 1. The highest BCUT2D eigenvalue weighted by atomic mass is 32.2. The number of hydrogen-bond donors (Lipinski definition) is 1. The van der Waals surface area contributed by atoms with Gasteiger partial charge in [-0.1, -0.05) is 18.7 Å². The summed E-state index contributed by atoms with van der Waals surface area (Å²) in [4.78, 5) is 14.6. The van der Waals surface area contributed by atoms with E-state index in [-0.39, 0.29) is 5.43 Å². The zero-order chi connectivity index (χ0) is 19.7. The fraction of sp³-hybridized carbons (Fsp3) is 0.211. The minimum Gasteiger partial charge on any atom is -0.439 e. The Morgan fingerprint density at radius 1 is 1.21 bits per heavy atom. The van der Waals surface area contributed by atoms with E-state index in [0.717, 1.165) is 16.5 Å². The molecule has 7 nitrogen and oxygen atoms in total. The number of ether oxygens (including phenoxy) is 1. The SMILES string of the molecule is C=CS(=O)(=O)Nc1cccc(-c2csc3c(=O)cc(N4CCOCC4)oc23)c1. The molecule has 0 atom stereocenters. The lowest BCUT2D eigenvalue weighted by Gasteiger charge is -2.27. The highest BCUT2D eigenvalue weighted by molar-refractivity contribution is 7.95. The Hall–Kier alpha value is -2.62. The number of sulfonamides is 1. The molecule has 9 heteroatoms. The van der Waals surface area contributed by atoms with Crippen molar-refractivity contribution in [2.75, 3.05) is 35.9 Å². The molecule has 1 N–H and O–H groups in total. The van der Waals surface area contributed by atoms with Gasteiger partial charge in [0.1, 0.15) is 4.70 Å². The van der Waals surface area contributed by atoms with Gasteiger partial charge in [-0.3, -0.25) is 9.52 Å². The third-order valence-electron chi connectivity index (χ3n) is 4.41. The molecule has 1 fully saturated rings. The Balaban J connectivity index is 1.78. The van der Waals surface area contributed by atoms with Crippen LogP contribution in [0.2, 0.25) is 0 Å². The Labute approximate surface area is 165 Å². The van der Waals surface area contributed by atoms with Gasteiger partial charge in [-0.05, 0) is 17.7 Å². The standard InChI is InChI=1S/C19H18N2O5S2/c1-2-28(23,24)20-14-5-3-4-13(10-14)15-12-27-19-16(22)11-17(26-18(15)19)21-6-8-25-9-7-21/h2-5,10-12,20H,1,6-9H2. The van der Waals surface area contributed by atoms with Crippen LogP contribution in [0, 0.1) is 0 Å². The smallest absolute Gasteiger partial charge is 0.254 e. The summed E-state index contributed by atoms with van der Waals surface area (Å²) in [6.07, 6.45) is 0. The van der Waals surface area contributed by atoms with Crippen molar-refractivity contribution in [3.8, 4) is 11.1 Å². The molecule has 2 aromatic heterocycles. The predicted octanol–water partition coefficient (Wildman–Crippen LogP) is 3.24.